The van der Waals surface area contributed by atoms with Crippen LogP contribution in [0.4, 0.5) is 0 Å². The quantitative estimate of drug-likeness (QED) is 0.166. The molecule has 0 unspecified atom stereocenters. The summed E-state index contributed by atoms with van der Waals surface area (Å²) in [6.45, 7) is 0. The first-order chi connectivity index (χ1) is 28.9. The van der Waals surface area contributed by atoms with E-state index in [0.29, 0.717) is 34.1 Å². The first-order valence-electron chi connectivity index (χ1n) is 20.2. The third kappa shape index (κ3) is 6.06. The van der Waals surface area contributed by atoms with Gasteiger partial charge in [-0.25, -0.2) is 15.0 Å². The van der Waals surface area contributed by atoms with Gasteiger partial charge >= 0.3 is 0 Å². The molecule has 0 saturated heterocycles. The van der Waals surface area contributed by atoms with Crippen molar-refractivity contribution in [2.45, 2.75) is 0 Å². The lowest BCUT2D eigenvalue weighted by molar-refractivity contribution is 1.07. The number of benzene rings is 8. The highest BCUT2D eigenvalue weighted by Crippen LogP contribution is 2.40. The van der Waals surface area contributed by atoms with Gasteiger partial charge < -0.3 is 4.57 Å². The van der Waals surface area contributed by atoms with Gasteiger partial charge in [0.25, 0.3) is 0 Å². The van der Waals surface area contributed by atoms with Crippen molar-refractivity contribution < 1.29 is 5.48 Å². The van der Waals surface area contributed by atoms with Gasteiger partial charge in [-0.05, 0) is 63.7 Å². The lowest BCUT2D eigenvalue weighted by Crippen LogP contribution is -2.01. The molecule has 0 radical (unpaired) electrons. The zero-order chi connectivity index (χ0) is 40.0. The third-order valence-electron chi connectivity index (χ3n) is 9.99. The van der Waals surface area contributed by atoms with Crippen LogP contribution in [0.25, 0.3) is 95.0 Å². The molecule has 0 N–H and O–H groups in total. The van der Waals surface area contributed by atoms with Crippen molar-refractivity contribution in [1.82, 2.24) is 19.5 Å². The molecule has 0 spiro atoms. The minimum Gasteiger partial charge on any atom is -0.309 e. The number of para-hydroxylation sites is 1. The molecule has 0 atom stereocenters. The fourth-order valence-electron chi connectivity index (χ4n) is 7.35. The molecule has 4 nitrogen and oxygen atoms in total. The van der Waals surface area contributed by atoms with Gasteiger partial charge in [-0.2, -0.15) is 0 Å². The molecule has 4 heteroatoms. The molecule has 10 rings (SSSR count). The zero-order valence-corrected chi connectivity index (χ0v) is 29.6. The van der Waals surface area contributed by atoms with Crippen molar-refractivity contribution in [1.29, 1.82) is 0 Å². The molecule has 8 aromatic carbocycles. The van der Waals surface area contributed by atoms with E-state index in [9.17, 15) is 2.74 Å². The minimum absolute atomic E-state index is 0.0829. The summed E-state index contributed by atoms with van der Waals surface area (Å²) >= 11 is 0. The van der Waals surface area contributed by atoms with Crippen molar-refractivity contribution >= 4 is 21.8 Å². The number of hydrogen-bond donors (Lipinski definition) is 0. The topological polar surface area (TPSA) is 43.6 Å². The SMILES string of the molecule is [2H]c1c([2H])c([2H])c2c(c1[2H])c1c(-c3cccc(-c4ccccc4)c3)cccc1n2-c1cccc(-c2nc(-c3ccccc3)nc(-c3ccc(-c4ccccc4)cc3)n2)c1. The molecular formula is C51H34N4. The van der Waals surface area contributed by atoms with E-state index in [2.05, 4.69) is 54.6 Å². The molecule has 0 amide bonds. The molecule has 0 fully saturated rings. The van der Waals surface area contributed by atoms with Crippen LogP contribution in [0.1, 0.15) is 5.48 Å². The molecule has 2 heterocycles. The second-order valence-electron chi connectivity index (χ2n) is 13.4. The summed E-state index contributed by atoms with van der Waals surface area (Å²) in [4.78, 5) is 15.0. The summed E-state index contributed by atoms with van der Waals surface area (Å²) in [6.07, 6.45) is 0. The number of nitrogens with zero attached hydrogens (tertiary/aromatic N) is 4. The molecule has 0 bridgehead atoms. The summed E-state index contributed by atoms with van der Waals surface area (Å²) in [5.74, 6) is 1.55. The van der Waals surface area contributed by atoms with E-state index in [1.165, 1.54) is 0 Å². The summed E-state index contributed by atoms with van der Waals surface area (Å²) in [5, 5.41) is 1.21. The molecule has 2 aromatic heterocycles. The lowest BCUT2D eigenvalue weighted by Gasteiger charge is -2.12. The predicted molar refractivity (Wildman–Crippen MR) is 227 cm³/mol. The van der Waals surface area contributed by atoms with Crippen LogP contribution in [0.15, 0.2) is 206 Å². The Hall–Kier alpha value is -7.43. The van der Waals surface area contributed by atoms with E-state index >= 15 is 0 Å². The van der Waals surface area contributed by atoms with Crippen molar-refractivity contribution in [2.75, 3.05) is 0 Å². The van der Waals surface area contributed by atoms with Crippen molar-refractivity contribution in [3.8, 4) is 73.2 Å². The van der Waals surface area contributed by atoms with Crippen LogP contribution in [0.5, 0.6) is 0 Å². The van der Waals surface area contributed by atoms with Crippen molar-refractivity contribution in [2.24, 2.45) is 0 Å². The largest absolute Gasteiger partial charge is 0.309 e. The fourth-order valence-corrected chi connectivity index (χ4v) is 7.35. The Labute approximate surface area is 325 Å². The molecule has 55 heavy (non-hydrogen) atoms. The monoisotopic (exact) mass is 706 g/mol. The molecular weight excluding hydrogens is 669 g/mol. The predicted octanol–water partition coefficient (Wildman–Crippen LogP) is 13.0. The Morgan fingerprint density at radius 2 is 0.855 bits per heavy atom. The van der Waals surface area contributed by atoms with Crippen LogP contribution in [-0.2, 0) is 0 Å². The Bertz CT molecular complexity index is 3190. The van der Waals surface area contributed by atoms with E-state index in [0.717, 1.165) is 61.0 Å². The summed E-state index contributed by atoms with van der Waals surface area (Å²) < 4.78 is 37.9. The van der Waals surface area contributed by atoms with Crippen LogP contribution in [0, 0.1) is 0 Å². The second-order valence-corrected chi connectivity index (χ2v) is 13.4. The smallest absolute Gasteiger partial charge is 0.164 e. The van der Waals surface area contributed by atoms with Crippen LogP contribution in [0.2, 0.25) is 0 Å². The maximum absolute atomic E-state index is 9.26. The maximum Gasteiger partial charge on any atom is 0.164 e. The fraction of sp³-hybridized carbons (Fsp3) is 0. The first kappa shape index (κ1) is 28.1. The van der Waals surface area contributed by atoms with Gasteiger partial charge in [-0.1, -0.05) is 176 Å². The number of aromatic nitrogens is 4. The molecule has 0 aliphatic rings. The number of rotatable bonds is 7. The third-order valence-corrected chi connectivity index (χ3v) is 9.99. The van der Waals surface area contributed by atoms with Gasteiger partial charge in [0, 0.05) is 33.2 Å². The summed E-state index contributed by atoms with van der Waals surface area (Å²) in [7, 11) is 0. The molecule has 10 aromatic rings. The highest BCUT2D eigenvalue weighted by molar-refractivity contribution is 6.16. The molecule has 0 saturated carbocycles. The van der Waals surface area contributed by atoms with E-state index < -0.39 is 0 Å². The van der Waals surface area contributed by atoms with Crippen molar-refractivity contribution in [3.63, 3.8) is 0 Å². The summed E-state index contributed by atoms with van der Waals surface area (Å²) in [6, 6.07) is 59.8. The molecule has 258 valence electrons. The molecule has 0 aliphatic carbocycles. The highest BCUT2D eigenvalue weighted by Gasteiger charge is 2.18. The number of hydrogen-bond acceptors (Lipinski definition) is 3. The van der Waals surface area contributed by atoms with Gasteiger partial charge in [0.1, 0.15) is 0 Å². The van der Waals surface area contributed by atoms with E-state index in [1.54, 1.807) is 0 Å². The van der Waals surface area contributed by atoms with Gasteiger partial charge in [0.2, 0.25) is 0 Å². The van der Waals surface area contributed by atoms with Gasteiger partial charge in [-0.3, -0.25) is 0 Å². The van der Waals surface area contributed by atoms with Crippen LogP contribution >= 0.6 is 0 Å². The highest BCUT2D eigenvalue weighted by atomic mass is 15.0. The van der Waals surface area contributed by atoms with Crippen molar-refractivity contribution in [3.05, 3.63) is 206 Å². The van der Waals surface area contributed by atoms with Crippen LogP contribution < -0.4 is 0 Å². The molecule has 0 aliphatic heterocycles. The van der Waals surface area contributed by atoms with Crippen LogP contribution in [-0.4, -0.2) is 19.5 Å². The van der Waals surface area contributed by atoms with Crippen LogP contribution in [0.3, 0.4) is 0 Å². The summed E-state index contributed by atoms with van der Waals surface area (Å²) in [5.41, 5.74) is 10.5. The van der Waals surface area contributed by atoms with Gasteiger partial charge in [0.05, 0.1) is 16.5 Å². The van der Waals surface area contributed by atoms with Gasteiger partial charge in [0.15, 0.2) is 17.5 Å². The standard InChI is InChI=1S/C51H34N4/c1-4-15-35(16-5-1)37-29-31-39(32-30-37)50-52-49(38-19-8-3-9-20-38)53-51(54-50)42-23-13-24-43(34-42)55-46-27-11-10-25-45(46)48-44(26-14-28-47(48)55)41-22-12-21-40(33-41)36-17-6-2-7-18-36/h1-34H/i10D,11D,25D,27D. The van der Waals surface area contributed by atoms with E-state index in [1.807, 2.05) is 132 Å². The second kappa shape index (κ2) is 13.8. The van der Waals surface area contributed by atoms with E-state index in [-0.39, 0.29) is 24.2 Å². The normalized spacial score (nSPS) is 12.3. The van der Waals surface area contributed by atoms with Gasteiger partial charge in [-0.15, -0.1) is 0 Å². The number of fused-ring (bicyclic) bond motifs is 3. The minimum atomic E-state index is -0.289. The Kier molecular flexibility index (Phi) is 7.08. The zero-order valence-electron chi connectivity index (χ0n) is 33.6. The average molecular weight is 707 g/mol. The Morgan fingerprint density at radius 3 is 1.56 bits per heavy atom. The lowest BCUT2D eigenvalue weighted by atomic mass is 9.96. The maximum atomic E-state index is 9.26. The Balaban J connectivity index is 1.16. The first-order valence-corrected chi connectivity index (χ1v) is 18.2. The van der Waals surface area contributed by atoms with E-state index in [4.69, 9.17) is 17.7 Å². The Morgan fingerprint density at radius 1 is 0.364 bits per heavy atom. The average Bonchev–Trinajstić information content (AvgIpc) is 3.67.